The first-order chi connectivity index (χ1) is 24.5. The van der Waals surface area contributed by atoms with Crippen LogP contribution in [0.5, 0.6) is 5.75 Å². The van der Waals surface area contributed by atoms with Gasteiger partial charge in [-0.25, -0.2) is 9.78 Å². The minimum absolute atomic E-state index is 0.117. The second-order valence-electron chi connectivity index (χ2n) is 13.7. The molecule has 1 aromatic carbocycles. The number of aliphatic hydroxyl groups is 6. The number of ether oxygens (including phenoxy) is 1. The van der Waals surface area contributed by atoms with Crippen molar-refractivity contribution in [3.63, 3.8) is 0 Å². The third-order valence-corrected chi connectivity index (χ3v) is 10.2. The van der Waals surface area contributed by atoms with Gasteiger partial charge in [-0.1, -0.05) is 0 Å². The van der Waals surface area contributed by atoms with Crippen LogP contribution < -0.4 is 15.1 Å². The first kappa shape index (κ1) is 35.2. The van der Waals surface area contributed by atoms with Gasteiger partial charge in [-0.2, -0.15) is 0 Å². The molecule has 51 heavy (non-hydrogen) atoms. The van der Waals surface area contributed by atoms with Gasteiger partial charge in [0.1, 0.15) is 53.7 Å². The van der Waals surface area contributed by atoms with Crippen molar-refractivity contribution in [2.75, 3.05) is 44.4 Å². The lowest BCUT2D eigenvalue weighted by molar-refractivity contribution is -0.365. The van der Waals surface area contributed by atoms with E-state index in [-0.39, 0.29) is 25.0 Å². The van der Waals surface area contributed by atoms with Crippen LogP contribution in [0.4, 0.5) is 5.69 Å². The van der Waals surface area contributed by atoms with E-state index in [0.29, 0.717) is 71.1 Å². The summed E-state index contributed by atoms with van der Waals surface area (Å²) in [5.74, 6) is 0.925. The molecule has 5 aliphatic heterocycles. The molecule has 0 amide bonds. The normalized spacial score (nSPS) is 24.7. The summed E-state index contributed by atoms with van der Waals surface area (Å²) < 4.78 is 12.9. The zero-order chi connectivity index (χ0) is 36.1. The average molecular weight is 707 g/mol. The molecule has 0 saturated carbocycles. The number of hydrogen-bond donors (Lipinski definition) is 6. The van der Waals surface area contributed by atoms with Crippen molar-refractivity contribution in [3.05, 3.63) is 80.8 Å². The predicted octanol–water partition coefficient (Wildman–Crippen LogP) is 0.530. The first-order valence-electron chi connectivity index (χ1n) is 16.9. The highest BCUT2D eigenvalue weighted by molar-refractivity contribution is 5.96. The van der Waals surface area contributed by atoms with Gasteiger partial charge in [0, 0.05) is 55.4 Å². The summed E-state index contributed by atoms with van der Waals surface area (Å²) in [5, 5.41) is 63.9. The third-order valence-electron chi connectivity index (χ3n) is 10.2. The fraction of sp³-hybridized carbons (Fsp3) is 0.472. The van der Waals surface area contributed by atoms with Crippen LogP contribution in [-0.2, 0) is 16.2 Å². The zero-order valence-corrected chi connectivity index (χ0v) is 28.3. The molecule has 7 rings (SSSR count). The molecule has 15 heteroatoms. The molecular weight excluding hydrogens is 664 g/mol. The lowest BCUT2D eigenvalue weighted by atomic mass is 9.85. The van der Waals surface area contributed by atoms with Crippen LogP contribution in [0.25, 0.3) is 11.0 Å². The standard InChI is InChI=1S/C36H42N4O11/c1-20-12-27(43)23-13-22-14-30(35(2,7-3-11-41)50-32(22)31(33(23)49-20)40-15-21-4-8-38-25(21)16-40)51-48-18-29(45)36(47,34(46)28(44)17-42)19-39-10-6-24-26(39)5-9-37-24/h4-6,8-9,12-13,16,28-30,34,41-42,44-47H,3,7,10-11,14-15,17-19H2,1-2H3. The van der Waals surface area contributed by atoms with Gasteiger partial charge in [0.25, 0.3) is 0 Å². The number of allylic oxidation sites excluding steroid dienone is 2. The highest BCUT2D eigenvalue weighted by Gasteiger charge is 2.49. The summed E-state index contributed by atoms with van der Waals surface area (Å²) >= 11 is 0. The topological polar surface area (TPSA) is 210 Å². The fourth-order valence-corrected chi connectivity index (χ4v) is 7.27. The summed E-state index contributed by atoms with van der Waals surface area (Å²) in [7, 11) is 0. The van der Waals surface area contributed by atoms with E-state index in [1.165, 1.54) is 6.07 Å². The van der Waals surface area contributed by atoms with Crippen molar-refractivity contribution in [2.45, 2.75) is 68.7 Å². The van der Waals surface area contributed by atoms with Crippen LogP contribution in [0.3, 0.4) is 0 Å². The highest BCUT2D eigenvalue weighted by atomic mass is 17.2. The van der Waals surface area contributed by atoms with E-state index in [2.05, 4.69) is 9.98 Å². The molecule has 6 heterocycles. The second kappa shape index (κ2) is 13.7. The smallest absolute Gasteiger partial charge is 0.193 e. The molecule has 6 N–H and O–H groups in total. The van der Waals surface area contributed by atoms with Gasteiger partial charge in [0.2, 0.25) is 0 Å². The maximum absolute atomic E-state index is 13.3. The largest absolute Gasteiger partial charge is 0.482 e. The molecular formula is C36H42N4O11. The maximum Gasteiger partial charge on any atom is 0.193 e. The molecule has 0 bridgehead atoms. The van der Waals surface area contributed by atoms with Crippen molar-refractivity contribution >= 4 is 29.1 Å². The van der Waals surface area contributed by atoms with Crippen molar-refractivity contribution in [2.24, 2.45) is 9.98 Å². The van der Waals surface area contributed by atoms with Crippen LogP contribution in [0.15, 0.2) is 78.4 Å². The molecule has 0 saturated heterocycles. The summed E-state index contributed by atoms with van der Waals surface area (Å²) in [6.07, 6.45) is 5.21. The Morgan fingerprint density at radius 1 is 1.14 bits per heavy atom. The molecule has 272 valence electrons. The Morgan fingerprint density at radius 2 is 1.92 bits per heavy atom. The SMILES string of the molecule is Cc1cc(=O)c2cc3c(c(N4C=C5N=CC=C5C4)c2o1)OC(C)(CCCO)C(OOCC(O)C(O)(CN1CC=C2N=CC=C21)C(O)C(O)CO)C3. The molecule has 2 aromatic rings. The molecule has 6 unspecified atom stereocenters. The van der Waals surface area contributed by atoms with Gasteiger partial charge in [-0.05, 0) is 51.0 Å². The summed E-state index contributed by atoms with van der Waals surface area (Å²) in [6, 6.07) is 3.14. The molecule has 6 atom stereocenters. The lowest BCUT2D eigenvalue weighted by Crippen LogP contribution is -2.63. The minimum atomic E-state index is -2.38. The zero-order valence-electron chi connectivity index (χ0n) is 28.3. The number of hydrogen-bond acceptors (Lipinski definition) is 15. The first-order valence-corrected chi connectivity index (χ1v) is 16.9. The number of fused-ring (bicyclic) bond motifs is 4. The van der Waals surface area contributed by atoms with Crippen molar-refractivity contribution in [1.82, 2.24) is 4.90 Å². The van der Waals surface area contributed by atoms with E-state index in [9.17, 15) is 35.4 Å². The van der Waals surface area contributed by atoms with E-state index in [1.54, 1.807) is 36.4 Å². The van der Waals surface area contributed by atoms with Gasteiger partial charge in [0.05, 0.1) is 42.2 Å². The lowest BCUT2D eigenvalue weighted by Gasteiger charge is -2.43. The summed E-state index contributed by atoms with van der Waals surface area (Å²) in [5.41, 5.74) is 1.04. The monoisotopic (exact) mass is 706 g/mol. The van der Waals surface area contributed by atoms with Crippen LogP contribution in [0.1, 0.15) is 31.1 Å². The number of β-amino-alcohol motifs (C(OH)–C–C–N with tert-alkyl or cyclic N) is 1. The van der Waals surface area contributed by atoms with Gasteiger partial charge < -0.3 is 49.6 Å². The molecule has 0 fully saturated rings. The van der Waals surface area contributed by atoms with E-state index >= 15 is 0 Å². The Kier molecular flexibility index (Phi) is 9.49. The van der Waals surface area contributed by atoms with Gasteiger partial charge in [-0.3, -0.25) is 14.8 Å². The van der Waals surface area contributed by atoms with Gasteiger partial charge in [0.15, 0.2) is 16.8 Å². The molecule has 5 aliphatic rings. The van der Waals surface area contributed by atoms with Crippen LogP contribution in [0, 0.1) is 6.92 Å². The molecule has 15 nitrogen and oxygen atoms in total. The van der Waals surface area contributed by atoms with E-state index in [4.69, 9.17) is 18.9 Å². The molecule has 0 radical (unpaired) electrons. The number of aryl methyl sites for hydroxylation is 1. The van der Waals surface area contributed by atoms with Crippen LogP contribution in [-0.4, -0.2) is 123 Å². The number of rotatable bonds is 14. The Bertz CT molecular complexity index is 1950. The number of aliphatic imine (C=N–C) groups is 2. The third kappa shape index (κ3) is 6.33. The number of benzene rings is 1. The molecule has 1 aromatic heterocycles. The maximum atomic E-state index is 13.3. The van der Waals surface area contributed by atoms with Gasteiger partial charge >= 0.3 is 0 Å². The Labute approximate surface area is 292 Å². The fourth-order valence-electron chi connectivity index (χ4n) is 7.27. The van der Waals surface area contributed by atoms with Crippen LogP contribution in [0.2, 0.25) is 0 Å². The molecule has 0 aliphatic carbocycles. The number of anilines is 1. The second-order valence-corrected chi connectivity index (χ2v) is 13.7. The highest BCUT2D eigenvalue weighted by Crippen LogP contribution is 2.48. The van der Waals surface area contributed by atoms with Crippen LogP contribution >= 0.6 is 0 Å². The summed E-state index contributed by atoms with van der Waals surface area (Å²) in [4.78, 5) is 37.1. The van der Waals surface area contributed by atoms with E-state index in [0.717, 1.165) is 11.3 Å². The van der Waals surface area contributed by atoms with E-state index in [1.807, 2.05) is 30.2 Å². The summed E-state index contributed by atoms with van der Waals surface area (Å²) in [6.45, 7) is 2.39. The average Bonchev–Trinajstić information content (AvgIpc) is 3.90. The Balaban J connectivity index is 1.16. The van der Waals surface area contributed by atoms with Crippen molar-refractivity contribution in [3.8, 4) is 5.75 Å². The van der Waals surface area contributed by atoms with E-state index < -0.39 is 48.8 Å². The number of nitrogens with zero attached hydrogens (tertiary/aromatic N) is 4. The quantitative estimate of drug-likeness (QED) is 0.117. The van der Waals surface area contributed by atoms with Gasteiger partial charge in [-0.15, -0.1) is 0 Å². The molecule has 0 spiro atoms. The van der Waals surface area contributed by atoms with Crippen molar-refractivity contribution in [1.29, 1.82) is 0 Å². The Morgan fingerprint density at radius 3 is 2.69 bits per heavy atom. The number of aliphatic hydroxyl groups excluding tert-OH is 5. The Hall–Kier alpha value is -4.19. The predicted molar refractivity (Wildman–Crippen MR) is 185 cm³/mol. The van der Waals surface area contributed by atoms with Crippen molar-refractivity contribution < 1.29 is 49.6 Å². The minimum Gasteiger partial charge on any atom is -0.482 e.